The standard InChI is InChI=1S/C14H18OS2/c1-10-4-6-13(7-5-10)8-11(2)14(15)17-12(3)9-16/h4-8,12,16H,9H2,1-3H3/b11-8+. The molecule has 0 heterocycles. The summed E-state index contributed by atoms with van der Waals surface area (Å²) in [5.74, 6) is 0.716. The molecule has 0 amide bonds. The van der Waals surface area contributed by atoms with Gasteiger partial charge in [0.2, 0.25) is 5.12 Å². The Morgan fingerprint density at radius 2 is 2.00 bits per heavy atom. The molecular weight excluding hydrogens is 248 g/mol. The number of carbonyl (C=O) groups is 1. The molecule has 1 unspecified atom stereocenters. The van der Waals surface area contributed by atoms with Gasteiger partial charge in [-0.05, 0) is 25.5 Å². The first-order valence-electron chi connectivity index (χ1n) is 5.59. The second kappa shape index (κ2) is 6.92. The minimum atomic E-state index is 0.132. The lowest BCUT2D eigenvalue weighted by Gasteiger charge is -2.06. The molecule has 1 atom stereocenters. The maximum Gasteiger partial charge on any atom is 0.215 e. The van der Waals surface area contributed by atoms with Gasteiger partial charge in [0.1, 0.15) is 0 Å². The average molecular weight is 266 g/mol. The number of benzene rings is 1. The lowest BCUT2D eigenvalue weighted by Crippen LogP contribution is -2.04. The first-order chi connectivity index (χ1) is 8.02. The van der Waals surface area contributed by atoms with Gasteiger partial charge in [0.25, 0.3) is 0 Å². The highest BCUT2D eigenvalue weighted by molar-refractivity contribution is 8.15. The van der Waals surface area contributed by atoms with Crippen LogP contribution in [-0.4, -0.2) is 16.1 Å². The molecule has 0 N–H and O–H groups in total. The van der Waals surface area contributed by atoms with E-state index >= 15 is 0 Å². The Balaban J connectivity index is 2.71. The van der Waals surface area contributed by atoms with E-state index in [2.05, 4.69) is 19.6 Å². The van der Waals surface area contributed by atoms with E-state index in [1.54, 1.807) is 0 Å². The van der Waals surface area contributed by atoms with Crippen LogP contribution in [0, 0.1) is 6.92 Å². The molecule has 0 fully saturated rings. The van der Waals surface area contributed by atoms with Crippen LogP contribution in [0.25, 0.3) is 6.08 Å². The van der Waals surface area contributed by atoms with Gasteiger partial charge in [0.15, 0.2) is 0 Å². The highest BCUT2D eigenvalue weighted by atomic mass is 32.2. The highest BCUT2D eigenvalue weighted by Crippen LogP contribution is 2.19. The van der Waals surface area contributed by atoms with E-state index in [0.717, 1.165) is 11.1 Å². The number of thiol groups is 1. The summed E-state index contributed by atoms with van der Waals surface area (Å²) >= 11 is 5.52. The summed E-state index contributed by atoms with van der Waals surface area (Å²) < 4.78 is 0. The van der Waals surface area contributed by atoms with Crippen LogP contribution in [0.1, 0.15) is 25.0 Å². The van der Waals surface area contributed by atoms with Crippen LogP contribution in [0.4, 0.5) is 0 Å². The van der Waals surface area contributed by atoms with Gasteiger partial charge in [-0.3, -0.25) is 4.79 Å². The summed E-state index contributed by atoms with van der Waals surface area (Å²) in [5, 5.41) is 0.388. The topological polar surface area (TPSA) is 17.1 Å². The third kappa shape index (κ3) is 5.00. The van der Waals surface area contributed by atoms with Crippen molar-refractivity contribution in [2.24, 2.45) is 0 Å². The molecule has 1 nitrogen and oxygen atoms in total. The van der Waals surface area contributed by atoms with Gasteiger partial charge in [-0.25, -0.2) is 0 Å². The van der Waals surface area contributed by atoms with Crippen LogP contribution in [-0.2, 0) is 4.79 Å². The number of aryl methyl sites for hydroxylation is 1. The van der Waals surface area contributed by atoms with E-state index in [9.17, 15) is 4.79 Å². The summed E-state index contributed by atoms with van der Waals surface area (Å²) in [5.41, 5.74) is 3.08. The fourth-order valence-electron chi connectivity index (χ4n) is 1.28. The molecule has 3 heteroatoms. The Morgan fingerprint density at radius 1 is 1.41 bits per heavy atom. The molecule has 0 saturated carbocycles. The van der Waals surface area contributed by atoms with E-state index in [4.69, 9.17) is 0 Å². The smallest absolute Gasteiger partial charge is 0.215 e. The third-order valence-electron chi connectivity index (χ3n) is 2.35. The Hall–Kier alpha value is -0.670. The second-order valence-electron chi connectivity index (χ2n) is 4.14. The largest absolute Gasteiger partial charge is 0.282 e. The molecular formula is C14H18OS2. The van der Waals surface area contributed by atoms with Crippen LogP contribution in [0.3, 0.4) is 0 Å². The molecule has 92 valence electrons. The maximum atomic E-state index is 11.8. The van der Waals surface area contributed by atoms with E-state index in [1.165, 1.54) is 17.3 Å². The van der Waals surface area contributed by atoms with Crippen LogP contribution >= 0.6 is 24.4 Å². The van der Waals surface area contributed by atoms with Crippen molar-refractivity contribution in [1.82, 2.24) is 0 Å². The van der Waals surface area contributed by atoms with Gasteiger partial charge in [0, 0.05) is 16.6 Å². The molecule has 0 spiro atoms. The molecule has 0 aromatic heterocycles. The zero-order valence-corrected chi connectivity index (χ0v) is 12.1. The fraction of sp³-hybridized carbons (Fsp3) is 0.357. The normalized spacial score (nSPS) is 13.5. The van der Waals surface area contributed by atoms with E-state index in [0.29, 0.717) is 5.75 Å². The van der Waals surface area contributed by atoms with Crippen molar-refractivity contribution in [3.05, 3.63) is 41.0 Å². The summed E-state index contributed by atoms with van der Waals surface area (Å²) in [6.07, 6.45) is 1.93. The SMILES string of the molecule is C/C(=C\c1ccc(C)cc1)C(=O)SC(C)CS. The third-order valence-corrected chi connectivity index (χ3v) is 4.25. The van der Waals surface area contributed by atoms with Crippen LogP contribution in [0.15, 0.2) is 29.8 Å². The van der Waals surface area contributed by atoms with Gasteiger partial charge in [-0.1, -0.05) is 48.5 Å². The van der Waals surface area contributed by atoms with E-state index < -0.39 is 0 Å². The Labute approximate surface area is 113 Å². The Bertz CT molecular complexity index is 407. The summed E-state index contributed by atoms with van der Waals surface area (Å²) in [7, 11) is 0. The molecule has 1 aromatic carbocycles. The number of rotatable bonds is 4. The number of thioether (sulfide) groups is 1. The zero-order valence-electron chi connectivity index (χ0n) is 10.4. The second-order valence-corrected chi connectivity index (χ2v) is 5.91. The molecule has 1 aromatic rings. The predicted octanol–water partition coefficient (Wildman–Crippen LogP) is 3.98. The van der Waals surface area contributed by atoms with Crippen LogP contribution in [0.5, 0.6) is 0 Å². The molecule has 0 bridgehead atoms. The minimum absolute atomic E-state index is 0.132. The van der Waals surface area contributed by atoms with Crippen molar-refractivity contribution >= 4 is 35.6 Å². The number of hydrogen-bond donors (Lipinski definition) is 1. The number of hydrogen-bond acceptors (Lipinski definition) is 3. The fourth-order valence-corrected chi connectivity index (χ4v) is 2.19. The summed E-state index contributed by atoms with van der Waals surface area (Å²) in [4.78, 5) is 11.8. The van der Waals surface area contributed by atoms with Crippen LogP contribution < -0.4 is 0 Å². The predicted molar refractivity (Wildman–Crippen MR) is 80.7 cm³/mol. The highest BCUT2D eigenvalue weighted by Gasteiger charge is 2.10. The van der Waals surface area contributed by atoms with Crippen molar-refractivity contribution < 1.29 is 4.79 Å². The van der Waals surface area contributed by atoms with Crippen molar-refractivity contribution in [2.45, 2.75) is 26.0 Å². The maximum absolute atomic E-state index is 11.8. The molecule has 0 radical (unpaired) electrons. The van der Waals surface area contributed by atoms with Gasteiger partial charge < -0.3 is 0 Å². The zero-order chi connectivity index (χ0) is 12.8. The molecule has 17 heavy (non-hydrogen) atoms. The van der Waals surface area contributed by atoms with Gasteiger partial charge in [0.05, 0.1) is 0 Å². The summed E-state index contributed by atoms with van der Waals surface area (Å²) in [6, 6.07) is 8.15. The quantitative estimate of drug-likeness (QED) is 0.656. The molecule has 0 saturated heterocycles. The first-order valence-corrected chi connectivity index (χ1v) is 7.11. The average Bonchev–Trinajstić information content (AvgIpc) is 2.31. The summed E-state index contributed by atoms with van der Waals surface area (Å²) in [6.45, 7) is 5.92. The van der Waals surface area contributed by atoms with Crippen LogP contribution in [0.2, 0.25) is 0 Å². The lowest BCUT2D eigenvalue weighted by molar-refractivity contribution is -0.107. The lowest BCUT2D eigenvalue weighted by atomic mass is 10.1. The van der Waals surface area contributed by atoms with Crippen molar-refractivity contribution in [2.75, 3.05) is 5.75 Å². The molecule has 0 aliphatic carbocycles. The van der Waals surface area contributed by atoms with Gasteiger partial charge >= 0.3 is 0 Å². The molecule has 1 rings (SSSR count). The van der Waals surface area contributed by atoms with Gasteiger partial charge in [-0.15, -0.1) is 0 Å². The molecule has 0 aliphatic heterocycles. The monoisotopic (exact) mass is 266 g/mol. The van der Waals surface area contributed by atoms with Crippen molar-refractivity contribution in [3.8, 4) is 0 Å². The number of carbonyl (C=O) groups excluding carboxylic acids is 1. The molecule has 0 aliphatic rings. The van der Waals surface area contributed by atoms with Gasteiger partial charge in [-0.2, -0.15) is 12.6 Å². The Kier molecular flexibility index (Phi) is 5.86. The van der Waals surface area contributed by atoms with E-state index in [-0.39, 0.29) is 10.4 Å². The van der Waals surface area contributed by atoms with Crippen molar-refractivity contribution in [1.29, 1.82) is 0 Å². The minimum Gasteiger partial charge on any atom is -0.282 e. The first kappa shape index (κ1) is 14.4. The van der Waals surface area contributed by atoms with Crippen molar-refractivity contribution in [3.63, 3.8) is 0 Å². The van der Waals surface area contributed by atoms with E-state index in [1.807, 2.05) is 44.2 Å². The Morgan fingerprint density at radius 3 is 2.53 bits per heavy atom.